The average molecular weight is 472 g/mol. The molecule has 2 N–H and O–H groups in total. The molecule has 3 aliphatic heterocycles. The van der Waals surface area contributed by atoms with E-state index >= 15 is 0 Å². The molecule has 3 saturated heterocycles. The van der Waals surface area contributed by atoms with E-state index in [1.807, 2.05) is 16.8 Å². The smallest absolute Gasteiger partial charge is 0.343 e. The second-order valence-corrected chi connectivity index (χ2v) is 10.6. The molecule has 8 nitrogen and oxygen atoms in total. The van der Waals surface area contributed by atoms with Crippen molar-refractivity contribution in [2.24, 2.45) is 11.8 Å². The second kappa shape index (κ2) is 9.12. The van der Waals surface area contributed by atoms with Crippen LogP contribution >= 0.6 is 11.3 Å². The first kappa shape index (κ1) is 22.4. The normalized spacial score (nSPS) is 28.9. The van der Waals surface area contributed by atoms with Crippen molar-refractivity contribution < 1.29 is 23.9 Å². The average Bonchev–Trinajstić information content (AvgIpc) is 3.54. The highest BCUT2D eigenvalue weighted by Crippen LogP contribution is 2.43. The number of rotatable bonds is 7. The Labute approximate surface area is 197 Å². The molecule has 9 heteroatoms. The van der Waals surface area contributed by atoms with Crippen molar-refractivity contribution in [3.63, 3.8) is 0 Å². The number of aliphatic hydroxyl groups is 1. The van der Waals surface area contributed by atoms with Crippen LogP contribution in [0, 0.1) is 11.8 Å². The van der Waals surface area contributed by atoms with Crippen LogP contribution in [0.5, 0.6) is 0 Å². The number of ether oxygens (including phenoxy) is 1. The monoisotopic (exact) mass is 471 g/mol. The van der Waals surface area contributed by atoms with Crippen LogP contribution in [0.2, 0.25) is 0 Å². The van der Waals surface area contributed by atoms with Crippen LogP contribution in [0.15, 0.2) is 35.5 Å². The number of aromatic nitrogens is 2. The molecule has 2 aromatic rings. The summed E-state index contributed by atoms with van der Waals surface area (Å²) in [7, 11) is 0. The zero-order valence-corrected chi connectivity index (χ0v) is 19.5. The molecule has 0 radical (unpaired) electrons. The van der Waals surface area contributed by atoms with Gasteiger partial charge in [0.15, 0.2) is 18.2 Å². The van der Waals surface area contributed by atoms with E-state index in [9.17, 15) is 14.7 Å². The van der Waals surface area contributed by atoms with Crippen LogP contribution in [-0.4, -0.2) is 63.7 Å². The lowest BCUT2D eigenvalue weighted by atomic mass is 9.80. The summed E-state index contributed by atoms with van der Waals surface area (Å²) in [5.74, 6) is -0.427. The highest BCUT2D eigenvalue weighted by Gasteiger charge is 2.53. The third-order valence-corrected chi connectivity index (χ3v) is 8.52. The summed E-state index contributed by atoms with van der Waals surface area (Å²) in [5.41, 5.74) is -0.357. The molecule has 0 aromatic carbocycles. The van der Waals surface area contributed by atoms with Crippen molar-refractivity contribution in [2.75, 3.05) is 31.5 Å². The van der Waals surface area contributed by atoms with Gasteiger partial charge in [-0.25, -0.2) is 14.8 Å². The van der Waals surface area contributed by atoms with Crippen molar-refractivity contribution in [1.29, 1.82) is 0 Å². The number of quaternary nitrogens is 1. The van der Waals surface area contributed by atoms with E-state index < -0.39 is 11.6 Å². The summed E-state index contributed by atoms with van der Waals surface area (Å²) in [6.45, 7) is 2.73. The summed E-state index contributed by atoms with van der Waals surface area (Å²) in [6, 6.07) is 1.84. The number of nitrogens with zero attached hydrogens (tertiary/aromatic N) is 3. The van der Waals surface area contributed by atoms with E-state index in [0.29, 0.717) is 28.8 Å². The predicted molar refractivity (Wildman–Crippen MR) is 123 cm³/mol. The molecule has 1 amide bonds. The number of thiophene rings is 1. The molecule has 1 unspecified atom stereocenters. The number of amides is 1. The Morgan fingerprint density at radius 1 is 1.18 bits per heavy atom. The minimum Gasteiger partial charge on any atom is -0.454 e. The molecule has 4 aliphatic rings. The molecule has 5 heterocycles. The standard InChI is InChI=1S/C24H30N4O4S/c29-22(27-20-11-25-16-26-12-20)14-28-8-5-17(6-9-28)21(13-28)32-23(30)24(31,18-3-1-2-4-18)19-7-10-33-15-19/h7,10-12,15-18,21,31H,1-6,8-9,13-14H2/p+1/t17?,21-,24?,28?/m0/s1. The minimum absolute atomic E-state index is 0.0871. The molecule has 176 valence electrons. The number of esters is 1. The lowest BCUT2D eigenvalue weighted by molar-refractivity contribution is -0.939. The van der Waals surface area contributed by atoms with Crippen LogP contribution in [0.3, 0.4) is 0 Å². The number of fused-ring (bicyclic) bond motifs is 3. The van der Waals surface area contributed by atoms with E-state index in [2.05, 4.69) is 15.3 Å². The second-order valence-electron chi connectivity index (χ2n) is 9.85. The molecule has 0 spiro atoms. The summed E-state index contributed by atoms with van der Waals surface area (Å²) in [5, 5.41) is 18.3. The predicted octanol–water partition coefficient (Wildman–Crippen LogP) is 2.71. The van der Waals surface area contributed by atoms with Crippen LogP contribution in [0.25, 0.3) is 0 Å². The molecule has 1 saturated carbocycles. The van der Waals surface area contributed by atoms with Gasteiger partial charge in [-0.05, 0) is 29.7 Å². The van der Waals surface area contributed by atoms with Gasteiger partial charge in [0.1, 0.15) is 12.9 Å². The zero-order chi connectivity index (χ0) is 22.9. The Kier molecular flexibility index (Phi) is 6.20. The van der Waals surface area contributed by atoms with Gasteiger partial charge in [0.25, 0.3) is 5.91 Å². The molecule has 2 bridgehead atoms. The maximum Gasteiger partial charge on any atom is 0.343 e. The van der Waals surface area contributed by atoms with Gasteiger partial charge in [-0.15, -0.1) is 0 Å². The van der Waals surface area contributed by atoms with Crippen LogP contribution in [-0.2, 0) is 19.9 Å². The van der Waals surface area contributed by atoms with Crippen LogP contribution < -0.4 is 5.32 Å². The van der Waals surface area contributed by atoms with Crippen molar-refractivity contribution in [3.8, 4) is 0 Å². The van der Waals surface area contributed by atoms with Gasteiger partial charge >= 0.3 is 5.97 Å². The van der Waals surface area contributed by atoms with Crippen molar-refractivity contribution in [1.82, 2.24) is 9.97 Å². The summed E-state index contributed by atoms with van der Waals surface area (Å²) < 4.78 is 6.71. The summed E-state index contributed by atoms with van der Waals surface area (Å²) in [6.07, 6.45) is 9.85. The van der Waals surface area contributed by atoms with E-state index in [1.54, 1.807) is 12.4 Å². The fourth-order valence-corrected chi connectivity index (χ4v) is 6.73. The first-order valence-corrected chi connectivity index (χ1v) is 12.8. The highest BCUT2D eigenvalue weighted by atomic mass is 32.1. The van der Waals surface area contributed by atoms with Gasteiger partial charge in [-0.2, -0.15) is 11.3 Å². The zero-order valence-electron chi connectivity index (χ0n) is 18.7. The maximum absolute atomic E-state index is 13.5. The van der Waals surface area contributed by atoms with Crippen LogP contribution in [0.4, 0.5) is 5.69 Å². The molecule has 33 heavy (non-hydrogen) atoms. The lowest BCUT2D eigenvalue weighted by Gasteiger charge is -2.51. The first-order chi connectivity index (χ1) is 16.0. The molecule has 4 fully saturated rings. The van der Waals surface area contributed by atoms with Gasteiger partial charge in [-0.1, -0.05) is 12.8 Å². The molecule has 1 aliphatic carbocycles. The number of carbonyl (C=O) groups excluding carboxylic acids is 2. The van der Waals surface area contributed by atoms with Crippen LogP contribution in [0.1, 0.15) is 44.1 Å². The Hall–Kier alpha value is -2.36. The number of nitrogens with one attached hydrogen (secondary N) is 1. The van der Waals surface area contributed by atoms with Gasteiger partial charge in [0.05, 0.1) is 31.2 Å². The SMILES string of the molecule is O=C(C[N+]12CCC(CC1)[C@@H](OC(=O)C(O)(c1ccsc1)C1CCCC1)C2)Nc1cncnc1. The number of carbonyl (C=O) groups is 2. The van der Waals surface area contributed by atoms with Crippen molar-refractivity contribution in [2.45, 2.75) is 50.2 Å². The van der Waals surface area contributed by atoms with Gasteiger partial charge < -0.3 is 19.6 Å². The minimum atomic E-state index is -1.59. The molecule has 2 atom stereocenters. The third-order valence-electron chi connectivity index (χ3n) is 7.84. The molecular formula is C24H31N4O4S+. The van der Waals surface area contributed by atoms with Crippen molar-refractivity contribution in [3.05, 3.63) is 41.1 Å². The van der Waals surface area contributed by atoms with E-state index in [1.165, 1.54) is 17.7 Å². The van der Waals surface area contributed by atoms with Crippen molar-refractivity contribution >= 4 is 28.9 Å². The maximum atomic E-state index is 13.5. The Morgan fingerprint density at radius 2 is 1.91 bits per heavy atom. The third kappa shape index (κ3) is 4.41. The summed E-state index contributed by atoms with van der Waals surface area (Å²) in [4.78, 5) is 34.1. The fourth-order valence-electron chi connectivity index (χ4n) is 6.02. The lowest BCUT2D eigenvalue weighted by Crippen LogP contribution is -2.66. The van der Waals surface area contributed by atoms with Gasteiger partial charge in [-0.3, -0.25) is 4.79 Å². The Balaban J connectivity index is 1.28. The molecule has 2 aromatic heterocycles. The highest BCUT2D eigenvalue weighted by molar-refractivity contribution is 7.08. The van der Waals surface area contributed by atoms with E-state index in [4.69, 9.17) is 4.74 Å². The number of hydrogen-bond acceptors (Lipinski definition) is 7. The first-order valence-electron chi connectivity index (χ1n) is 11.8. The topological polar surface area (TPSA) is 101 Å². The van der Waals surface area contributed by atoms with Gasteiger partial charge in [0, 0.05) is 30.2 Å². The number of anilines is 1. The largest absolute Gasteiger partial charge is 0.454 e. The Bertz CT molecular complexity index is 972. The van der Waals surface area contributed by atoms with E-state index in [-0.39, 0.29) is 23.8 Å². The molecule has 6 rings (SSSR count). The van der Waals surface area contributed by atoms with E-state index in [0.717, 1.165) is 51.6 Å². The summed E-state index contributed by atoms with van der Waals surface area (Å²) >= 11 is 1.48. The Morgan fingerprint density at radius 3 is 2.58 bits per heavy atom. The number of piperidine rings is 3. The fraction of sp³-hybridized carbons (Fsp3) is 0.583. The quantitative estimate of drug-likeness (QED) is 0.476. The van der Waals surface area contributed by atoms with Gasteiger partial charge in [0.2, 0.25) is 0 Å². The molecular weight excluding hydrogens is 440 g/mol. The number of hydrogen-bond donors (Lipinski definition) is 2.